The van der Waals surface area contributed by atoms with E-state index in [-0.39, 0.29) is 23.6 Å². The Balaban J connectivity index is 1.18. The van der Waals surface area contributed by atoms with Crippen molar-refractivity contribution in [2.75, 3.05) is 13.2 Å². The van der Waals surface area contributed by atoms with E-state index in [9.17, 15) is 4.79 Å². The smallest absolute Gasteiger partial charge is 0.258 e. The van der Waals surface area contributed by atoms with Crippen LogP contribution >= 0.6 is 23.2 Å². The van der Waals surface area contributed by atoms with Crippen LogP contribution in [0.4, 0.5) is 0 Å². The molecule has 3 aliphatic rings. The number of hydrogen-bond donors (Lipinski definition) is 1. The van der Waals surface area contributed by atoms with Gasteiger partial charge in [-0.15, -0.1) is 0 Å². The van der Waals surface area contributed by atoms with Crippen LogP contribution in [0, 0.1) is 0 Å². The molecule has 30 heavy (non-hydrogen) atoms. The molecule has 3 saturated carbocycles. The van der Waals surface area contributed by atoms with Crippen molar-refractivity contribution in [3.63, 3.8) is 0 Å². The molecule has 1 N–H and O–H groups in total. The second-order valence-corrected chi connectivity index (χ2v) is 8.99. The maximum atomic E-state index is 12.4. The molecule has 0 aliphatic heterocycles. The van der Waals surface area contributed by atoms with E-state index in [0.29, 0.717) is 22.4 Å². The van der Waals surface area contributed by atoms with Crippen LogP contribution in [-0.2, 0) is 10.3 Å². The molecular weight excluding hydrogens is 425 g/mol. The number of amides is 1. The zero-order valence-corrected chi connectivity index (χ0v) is 18.0. The van der Waals surface area contributed by atoms with Crippen LogP contribution in [0.5, 0.6) is 11.5 Å². The number of carbonyl (C=O) groups is 1. The molecule has 3 aliphatic carbocycles. The zero-order chi connectivity index (χ0) is 20.9. The van der Waals surface area contributed by atoms with E-state index in [0.717, 1.165) is 35.9 Å². The Labute approximate surface area is 184 Å². The van der Waals surface area contributed by atoms with Gasteiger partial charge >= 0.3 is 0 Å². The van der Waals surface area contributed by atoms with E-state index >= 15 is 0 Å². The average Bonchev–Trinajstić information content (AvgIpc) is 3.07. The first kappa shape index (κ1) is 19.5. The van der Waals surface area contributed by atoms with Gasteiger partial charge in [-0.2, -0.15) is 5.10 Å². The van der Waals surface area contributed by atoms with Crippen LogP contribution in [0.2, 0.25) is 10.0 Å². The van der Waals surface area contributed by atoms with Gasteiger partial charge in [0.1, 0.15) is 11.5 Å². The molecule has 3 fully saturated rings. The summed E-state index contributed by atoms with van der Waals surface area (Å²) in [5.41, 5.74) is 0.811. The van der Waals surface area contributed by atoms with E-state index in [1.807, 2.05) is 25.1 Å². The molecule has 2 bridgehead atoms. The second-order valence-electron chi connectivity index (χ2n) is 8.18. The SMILES string of the molecule is CCOc1ccc2nn(C34CC(NC(=O)COc5ccc(Cl)c(Cl)c5)(C3)C4)cc2c1. The Morgan fingerprint density at radius 3 is 2.57 bits per heavy atom. The van der Waals surface area contributed by atoms with Crippen molar-refractivity contribution < 1.29 is 14.3 Å². The van der Waals surface area contributed by atoms with Gasteiger partial charge in [0.2, 0.25) is 0 Å². The monoisotopic (exact) mass is 445 g/mol. The topological polar surface area (TPSA) is 65.4 Å². The molecule has 0 radical (unpaired) electrons. The van der Waals surface area contributed by atoms with Crippen molar-refractivity contribution in [2.45, 2.75) is 37.3 Å². The number of fused-ring (bicyclic) bond motifs is 1. The molecule has 0 spiro atoms. The van der Waals surface area contributed by atoms with Crippen LogP contribution in [0.15, 0.2) is 42.6 Å². The third kappa shape index (κ3) is 3.28. The van der Waals surface area contributed by atoms with Gasteiger partial charge in [0.05, 0.1) is 27.7 Å². The van der Waals surface area contributed by atoms with Gasteiger partial charge in [0.25, 0.3) is 5.91 Å². The highest BCUT2D eigenvalue weighted by Gasteiger charge is 2.70. The summed E-state index contributed by atoms with van der Waals surface area (Å²) < 4.78 is 13.2. The Morgan fingerprint density at radius 1 is 1.10 bits per heavy atom. The number of aromatic nitrogens is 2. The number of carbonyl (C=O) groups excluding carboxylic acids is 1. The fourth-order valence-corrected chi connectivity index (χ4v) is 4.95. The van der Waals surface area contributed by atoms with Gasteiger partial charge in [0.15, 0.2) is 6.61 Å². The molecule has 3 aromatic rings. The Bertz CT molecular complexity index is 1120. The van der Waals surface area contributed by atoms with Crippen molar-refractivity contribution in [3.8, 4) is 11.5 Å². The minimum Gasteiger partial charge on any atom is -0.494 e. The van der Waals surface area contributed by atoms with Gasteiger partial charge in [-0.1, -0.05) is 23.2 Å². The first-order valence-electron chi connectivity index (χ1n) is 9.92. The number of nitrogens with one attached hydrogen (secondary N) is 1. The molecule has 1 amide bonds. The van der Waals surface area contributed by atoms with Crippen molar-refractivity contribution in [1.29, 1.82) is 0 Å². The number of hydrogen-bond acceptors (Lipinski definition) is 4. The first-order chi connectivity index (χ1) is 14.4. The molecular formula is C22H21Cl2N3O3. The number of rotatable bonds is 7. The Hall–Kier alpha value is -2.44. The maximum Gasteiger partial charge on any atom is 0.258 e. The maximum absolute atomic E-state index is 12.4. The molecule has 0 saturated heterocycles. The quantitative estimate of drug-likeness (QED) is 0.578. The highest BCUT2D eigenvalue weighted by Crippen LogP contribution is 2.65. The predicted molar refractivity (Wildman–Crippen MR) is 116 cm³/mol. The van der Waals surface area contributed by atoms with Gasteiger partial charge in [-0.25, -0.2) is 0 Å². The fraction of sp³-hybridized carbons (Fsp3) is 0.364. The van der Waals surface area contributed by atoms with Crippen molar-refractivity contribution in [1.82, 2.24) is 15.1 Å². The molecule has 2 aromatic carbocycles. The lowest BCUT2D eigenvalue weighted by molar-refractivity contribution is -0.160. The molecule has 6 rings (SSSR count). The fourth-order valence-electron chi connectivity index (χ4n) is 4.66. The largest absolute Gasteiger partial charge is 0.494 e. The molecule has 6 nitrogen and oxygen atoms in total. The lowest BCUT2D eigenvalue weighted by Crippen LogP contribution is -2.79. The summed E-state index contributed by atoms with van der Waals surface area (Å²) >= 11 is 11.9. The van der Waals surface area contributed by atoms with Gasteiger partial charge in [0, 0.05) is 23.2 Å². The molecule has 156 valence electrons. The average molecular weight is 446 g/mol. The van der Waals surface area contributed by atoms with Gasteiger partial charge in [-0.05, 0) is 56.5 Å². The minimum atomic E-state index is -0.146. The predicted octanol–water partition coefficient (Wildman–Crippen LogP) is 4.57. The van der Waals surface area contributed by atoms with Crippen LogP contribution in [0.3, 0.4) is 0 Å². The number of halogens is 2. The molecule has 8 heteroatoms. The van der Waals surface area contributed by atoms with Crippen LogP contribution in [-0.4, -0.2) is 34.4 Å². The highest BCUT2D eigenvalue weighted by atomic mass is 35.5. The second kappa shape index (κ2) is 7.06. The standard InChI is InChI=1S/C22H21Cl2N3O3/c1-2-29-15-4-6-19-14(7-15)9-27(26-19)22-11-21(12-22,13-22)25-20(28)10-30-16-3-5-17(23)18(24)8-16/h3-9H,2,10-13H2,1H3,(H,25,28). The first-order valence-corrected chi connectivity index (χ1v) is 10.7. The zero-order valence-electron chi connectivity index (χ0n) is 16.5. The van der Waals surface area contributed by atoms with E-state index in [4.69, 9.17) is 37.8 Å². The molecule has 0 unspecified atom stereocenters. The molecule has 1 heterocycles. The van der Waals surface area contributed by atoms with Crippen LogP contribution < -0.4 is 14.8 Å². The highest BCUT2D eigenvalue weighted by molar-refractivity contribution is 6.42. The van der Waals surface area contributed by atoms with E-state index in [2.05, 4.69) is 16.2 Å². The molecule has 1 aromatic heterocycles. The summed E-state index contributed by atoms with van der Waals surface area (Å²) in [7, 11) is 0. The molecule has 0 atom stereocenters. The summed E-state index contributed by atoms with van der Waals surface area (Å²) in [6, 6.07) is 10.9. The van der Waals surface area contributed by atoms with Gasteiger partial charge in [-0.3, -0.25) is 9.48 Å². The summed E-state index contributed by atoms with van der Waals surface area (Å²) in [5.74, 6) is 1.23. The summed E-state index contributed by atoms with van der Waals surface area (Å²) in [4.78, 5) is 12.4. The van der Waals surface area contributed by atoms with Crippen LogP contribution in [0.1, 0.15) is 26.2 Å². The minimum absolute atomic E-state index is 0.00262. The van der Waals surface area contributed by atoms with Crippen LogP contribution in [0.25, 0.3) is 10.9 Å². The number of nitrogens with zero attached hydrogens (tertiary/aromatic N) is 2. The van der Waals surface area contributed by atoms with Crippen molar-refractivity contribution >= 4 is 40.0 Å². The Morgan fingerprint density at radius 2 is 1.83 bits per heavy atom. The van der Waals surface area contributed by atoms with Crippen molar-refractivity contribution in [3.05, 3.63) is 52.6 Å². The van der Waals surface area contributed by atoms with Crippen molar-refractivity contribution in [2.24, 2.45) is 0 Å². The third-order valence-electron chi connectivity index (χ3n) is 5.94. The summed E-state index contributed by atoms with van der Waals surface area (Å²) in [6.07, 6.45) is 4.72. The van der Waals surface area contributed by atoms with E-state index in [1.54, 1.807) is 18.2 Å². The normalized spacial score (nSPS) is 24.1. The third-order valence-corrected chi connectivity index (χ3v) is 6.68. The van der Waals surface area contributed by atoms with E-state index < -0.39 is 0 Å². The lowest BCUT2D eigenvalue weighted by Gasteiger charge is -2.69. The van der Waals surface area contributed by atoms with E-state index in [1.165, 1.54) is 0 Å². The number of benzene rings is 2. The Kier molecular flexibility index (Phi) is 4.60. The van der Waals surface area contributed by atoms with Gasteiger partial charge < -0.3 is 14.8 Å². The number of ether oxygens (including phenoxy) is 2. The lowest BCUT2D eigenvalue weighted by atomic mass is 9.44. The summed E-state index contributed by atoms with van der Waals surface area (Å²) in [5, 5.41) is 9.79. The summed E-state index contributed by atoms with van der Waals surface area (Å²) in [6.45, 7) is 2.55.